The van der Waals surface area contributed by atoms with Gasteiger partial charge in [-0.3, -0.25) is 4.79 Å². The molecule has 0 heterocycles. The highest BCUT2D eigenvalue weighted by Gasteiger charge is 1.96. The molecule has 0 amide bonds. The molecule has 0 aliphatic heterocycles. The highest BCUT2D eigenvalue weighted by molar-refractivity contribution is 5.65. The Kier molecular flexibility index (Phi) is 26.7. The first kappa shape index (κ1) is 30.3. The molecule has 0 atom stereocenters. The molecule has 0 aliphatic carbocycles. The van der Waals surface area contributed by atoms with Gasteiger partial charge in [-0.15, -0.1) is 0 Å². The number of ether oxygens (including phenoxy) is 6. The SMILES string of the molecule is CCCCCCCCCCCCOCCOCCOCCOCCOCCOC(C)=O. The Labute approximate surface area is 190 Å². The van der Waals surface area contributed by atoms with Gasteiger partial charge < -0.3 is 28.4 Å². The van der Waals surface area contributed by atoms with Gasteiger partial charge in [-0.2, -0.15) is 0 Å². The molecule has 0 radical (unpaired) electrons. The molecule has 0 aliphatic rings. The highest BCUT2D eigenvalue weighted by atomic mass is 16.6. The average Bonchev–Trinajstić information content (AvgIpc) is 2.76. The van der Waals surface area contributed by atoms with Crippen molar-refractivity contribution in [1.29, 1.82) is 0 Å². The van der Waals surface area contributed by atoms with Crippen LogP contribution in [0.3, 0.4) is 0 Å². The van der Waals surface area contributed by atoms with E-state index in [-0.39, 0.29) is 12.6 Å². The van der Waals surface area contributed by atoms with Gasteiger partial charge in [-0.1, -0.05) is 64.7 Å². The maximum atomic E-state index is 10.5. The monoisotopic (exact) mass is 448 g/mol. The molecule has 0 saturated heterocycles. The van der Waals surface area contributed by atoms with E-state index in [2.05, 4.69) is 6.92 Å². The Morgan fingerprint density at radius 2 is 0.774 bits per heavy atom. The molecule has 0 saturated carbocycles. The first-order valence-electron chi connectivity index (χ1n) is 12.3. The Hall–Kier alpha value is -0.730. The maximum Gasteiger partial charge on any atom is 0.302 e. The third-order valence-electron chi connectivity index (χ3n) is 4.66. The summed E-state index contributed by atoms with van der Waals surface area (Å²) in [4.78, 5) is 10.5. The lowest BCUT2D eigenvalue weighted by Gasteiger charge is -2.08. The largest absolute Gasteiger partial charge is 0.463 e. The van der Waals surface area contributed by atoms with E-state index in [0.717, 1.165) is 13.0 Å². The van der Waals surface area contributed by atoms with Crippen LogP contribution in [-0.4, -0.2) is 78.6 Å². The molecule has 186 valence electrons. The Bertz CT molecular complexity index is 353. The summed E-state index contributed by atoms with van der Waals surface area (Å²) in [6, 6.07) is 0. The molecule has 0 spiro atoms. The molecule has 0 bridgehead atoms. The van der Waals surface area contributed by atoms with Crippen LogP contribution in [0.2, 0.25) is 0 Å². The Morgan fingerprint density at radius 3 is 1.16 bits per heavy atom. The smallest absolute Gasteiger partial charge is 0.302 e. The van der Waals surface area contributed by atoms with Crippen LogP contribution in [0, 0.1) is 0 Å². The van der Waals surface area contributed by atoms with E-state index in [9.17, 15) is 4.79 Å². The van der Waals surface area contributed by atoms with Crippen LogP contribution in [0.4, 0.5) is 0 Å². The van der Waals surface area contributed by atoms with E-state index in [1.54, 1.807) is 0 Å². The molecule has 7 heteroatoms. The molecule has 0 aromatic carbocycles. The molecule has 31 heavy (non-hydrogen) atoms. The van der Waals surface area contributed by atoms with Gasteiger partial charge in [-0.05, 0) is 6.42 Å². The van der Waals surface area contributed by atoms with Gasteiger partial charge in [0.05, 0.1) is 59.5 Å². The van der Waals surface area contributed by atoms with Crippen molar-refractivity contribution < 1.29 is 33.2 Å². The predicted molar refractivity (Wildman–Crippen MR) is 123 cm³/mol. The zero-order chi connectivity index (χ0) is 22.7. The number of hydrogen-bond acceptors (Lipinski definition) is 7. The van der Waals surface area contributed by atoms with Crippen LogP contribution in [0.15, 0.2) is 0 Å². The van der Waals surface area contributed by atoms with E-state index >= 15 is 0 Å². The number of carbonyl (C=O) groups excluding carboxylic acids is 1. The number of rotatable bonds is 26. The number of unbranched alkanes of at least 4 members (excludes halogenated alkanes) is 9. The minimum Gasteiger partial charge on any atom is -0.463 e. The fourth-order valence-electron chi connectivity index (χ4n) is 2.92. The quantitative estimate of drug-likeness (QED) is 0.142. The number of hydrogen-bond donors (Lipinski definition) is 0. The summed E-state index contributed by atoms with van der Waals surface area (Å²) in [5.41, 5.74) is 0. The fourth-order valence-corrected chi connectivity index (χ4v) is 2.92. The van der Waals surface area contributed by atoms with Crippen molar-refractivity contribution in [3.63, 3.8) is 0 Å². The maximum absolute atomic E-state index is 10.5. The van der Waals surface area contributed by atoms with E-state index in [0.29, 0.717) is 59.5 Å². The second-order valence-corrected chi connectivity index (χ2v) is 7.58. The fraction of sp³-hybridized carbons (Fsp3) is 0.958. The van der Waals surface area contributed by atoms with Gasteiger partial charge >= 0.3 is 5.97 Å². The summed E-state index contributed by atoms with van der Waals surface area (Å²) >= 11 is 0. The lowest BCUT2D eigenvalue weighted by atomic mass is 10.1. The average molecular weight is 449 g/mol. The molecule has 0 unspecified atom stereocenters. The van der Waals surface area contributed by atoms with Gasteiger partial charge in [0.2, 0.25) is 0 Å². The van der Waals surface area contributed by atoms with Crippen molar-refractivity contribution in [3.05, 3.63) is 0 Å². The van der Waals surface area contributed by atoms with Crippen LogP contribution in [0.25, 0.3) is 0 Å². The van der Waals surface area contributed by atoms with Crippen LogP contribution in [-0.2, 0) is 33.2 Å². The molecular formula is C24H48O7. The van der Waals surface area contributed by atoms with Crippen molar-refractivity contribution in [3.8, 4) is 0 Å². The zero-order valence-corrected chi connectivity index (χ0v) is 20.2. The van der Waals surface area contributed by atoms with Gasteiger partial charge in [0.15, 0.2) is 0 Å². The minimum atomic E-state index is -0.294. The first-order valence-corrected chi connectivity index (χ1v) is 12.3. The lowest BCUT2D eigenvalue weighted by molar-refractivity contribution is -0.142. The van der Waals surface area contributed by atoms with Gasteiger partial charge in [0.1, 0.15) is 6.61 Å². The zero-order valence-electron chi connectivity index (χ0n) is 20.2. The van der Waals surface area contributed by atoms with Crippen molar-refractivity contribution in [2.45, 2.75) is 78.1 Å². The third-order valence-corrected chi connectivity index (χ3v) is 4.66. The lowest BCUT2D eigenvalue weighted by Crippen LogP contribution is -2.14. The van der Waals surface area contributed by atoms with Gasteiger partial charge in [0.25, 0.3) is 0 Å². The summed E-state index contributed by atoms with van der Waals surface area (Å²) < 4.78 is 31.9. The van der Waals surface area contributed by atoms with Crippen molar-refractivity contribution in [2.75, 3.05) is 72.7 Å². The standard InChI is InChI=1S/C24H48O7/c1-3-4-5-6-7-8-9-10-11-12-13-26-14-15-27-16-17-28-18-19-29-20-21-30-22-23-31-24(2)25/h3-23H2,1-2H3. The summed E-state index contributed by atoms with van der Waals surface area (Å²) in [6.45, 7) is 9.56. The third kappa shape index (κ3) is 29.3. The van der Waals surface area contributed by atoms with Crippen LogP contribution < -0.4 is 0 Å². The van der Waals surface area contributed by atoms with Gasteiger partial charge in [0, 0.05) is 13.5 Å². The van der Waals surface area contributed by atoms with Crippen molar-refractivity contribution >= 4 is 5.97 Å². The van der Waals surface area contributed by atoms with Crippen molar-refractivity contribution in [1.82, 2.24) is 0 Å². The number of carbonyl (C=O) groups is 1. The minimum absolute atomic E-state index is 0.281. The summed E-state index contributed by atoms with van der Waals surface area (Å²) in [7, 11) is 0. The molecule has 0 rings (SSSR count). The van der Waals surface area contributed by atoms with E-state index in [1.807, 2.05) is 0 Å². The summed E-state index contributed by atoms with van der Waals surface area (Å²) in [6.07, 6.45) is 13.4. The van der Waals surface area contributed by atoms with Crippen molar-refractivity contribution in [2.24, 2.45) is 0 Å². The second kappa shape index (κ2) is 27.3. The van der Waals surface area contributed by atoms with Crippen LogP contribution >= 0.6 is 0 Å². The van der Waals surface area contributed by atoms with Crippen LogP contribution in [0.5, 0.6) is 0 Å². The van der Waals surface area contributed by atoms with Crippen LogP contribution in [0.1, 0.15) is 78.1 Å². The van der Waals surface area contributed by atoms with E-state index in [1.165, 1.54) is 64.7 Å². The predicted octanol–water partition coefficient (Wildman–Crippen LogP) is 4.55. The molecule has 0 N–H and O–H groups in total. The first-order chi connectivity index (χ1) is 15.3. The normalized spacial score (nSPS) is 11.2. The topological polar surface area (TPSA) is 72.5 Å². The Balaban J connectivity index is 3.00. The molecule has 7 nitrogen and oxygen atoms in total. The molecule has 0 aromatic rings. The van der Waals surface area contributed by atoms with Gasteiger partial charge in [-0.25, -0.2) is 0 Å². The van der Waals surface area contributed by atoms with E-state index < -0.39 is 0 Å². The van der Waals surface area contributed by atoms with E-state index in [4.69, 9.17) is 28.4 Å². The number of esters is 1. The Morgan fingerprint density at radius 1 is 0.452 bits per heavy atom. The summed E-state index contributed by atoms with van der Waals surface area (Å²) in [5.74, 6) is -0.294. The molecule has 0 aromatic heterocycles. The highest BCUT2D eigenvalue weighted by Crippen LogP contribution is 2.10. The second-order valence-electron chi connectivity index (χ2n) is 7.58. The molecule has 0 fully saturated rings. The summed E-state index contributed by atoms with van der Waals surface area (Å²) in [5, 5.41) is 0. The molecular weight excluding hydrogens is 400 g/mol.